The van der Waals surface area contributed by atoms with Crippen LogP contribution in [-0.2, 0) is 35.5 Å². The van der Waals surface area contributed by atoms with Gasteiger partial charge in [0.2, 0.25) is 11.8 Å². The molecule has 14 heteroatoms. The molecule has 10 rings (SSSR count). The Balaban J connectivity index is 0.000000213. The molecule has 78 heavy (non-hydrogen) atoms. The Kier molecular flexibility index (Phi) is 22.8. The van der Waals surface area contributed by atoms with Crippen LogP contribution in [0.15, 0.2) is 163 Å². The van der Waals surface area contributed by atoms with Crippen LogP contribution in [0.1, 0.15) is 113 Å². The fourth-order valence-corrected chi connectivity index (χ4v) is 11.1. The topological polar surface area (TPSA) is 175 Å². The first-order valence-corrected chi connectivity index (χ1v) is 27.8. The number of piperidine rings is 2. The van der Waals surface area contributed by atoms with Crippen LogP contribution in [-0.4, -0.2) is 84.1 Å². The number of aryl methyl sites for hydroxylation is 2. The monoisotopic (exact) mass is 1060 g/mol. The van der Waals surface area contributed by atoms with Gasteiger partial charge < -0.3 is 39.9 Å². The van der Waals surface area contributed by atoms with Gasteiger partial charge in [-0.2, -0.15) is 0 Å². The van der Waals surface area contributed by atoms with Crippen molar-refractivity contribution in [3.05, 3.63) is 191 Å². The number of amides is 2. The minimum absolute atomic E-state index is 0. The zero-order valence-electron chi connectivity index (χ0n) is 45.8. The number of imidazole rings is 2. The van der Waals surface area contributed by atoms with Crippen molar-refractivity contribution in [3.8, 4) is 22.3 Å². The van der Waals surface area contributed by atoms with Crippen molar-refractivity contribution in [2.75, 3.05) is 26.2 Å². The number of unbranched alkanes of at least 4 members (excludes halogenated alkanes) is 2. The minimum atomic E-state index is -0.690. The second-order valence-corrected chi connectivity index (χ2v) is 20.7. The largest absolute Gasteiger partial charge is 1.00 e. The molecule has 402 valence electrons. The molecule has 13 nitrogen and oxygen atoms in total. The van der Waals surface area contributed by atoms with Gasteiger partial charge in [0.05, 0.1) is 34.6 Å². The molecular formula is C64H75N8NaO5. The molecule has 0 saturated carbocycles. The van der Waals surface area contributed by atoms with E-state index in [1.165, 1.54) is 33.3 Å². The smallest absolute Gasteiger partial charge is 0.444 e. The third-order valence-electron chi connectivity index (χ3n) is 15.1. The van der Waals surface area contributed by atoms with Gasteiger partial charge in [0, 0.05) is 63.6 Å². The number of aliphatic hydroxyl groups excluding tert-OH is 1. The molecule has 2 saturated heterocycles. The Hall–Kier alpha value is -6.48. The molecule has 0 radical (unpaired) electrons. The van der Waals surface area contributed by atoms with E-state index in [2.05, 4.69) is 138 Å². The standard InChI is InChI=1S/C32H38N4O.C32H37N3O2.HNO2.Na/c1-2-3-20-36-30-14-8-7-13-29(30)34-32(36)27-12-9-19-35(23-27)31(37)22-28(33)21-24-15-17-26(18-16-24)25-10-5-4-6-11-25;1-2-3-20-35-30-14-8-7-13-29(30)33-32(35)27-12-9-19-34(23-27)31(37)22-28(36)21-24-15-17-26(18-16-24)25-10-5-4-6-11-25;2-1-3;/h4-8,10-11,13-18,27-28H,2-3,9,12,19-23,33H2,1H3;4-8,10-11,13-18,27-28,36H,2-3,9,12,19-23H2,1H3;(H,2,3);/q;;;+1/p-1/t27-,28-;27-,28?;;/m11../s1. The third kappa shape index (κ3) is 15.8. The van der Waals surface area contributed by atoms with E-state index in [-0.39, 0.29) is 65.7 Å². The van der Waals surface area contributed by atoms with E-state index in [1.807, 2.05) is 52.3 Å². The Bertz CT molecular complexity index is 2900. The third-order valence-corrected chi connectivity index (χ3v) is 15.1. The van der Waals surface area contributed by atoms with Gasteiger partial charge in [-0.3, -0.25) is 9.59 Å². The number of para-hydroxylation sites is 4. The Morgan fingerprint density at radius 2 is 0.974 bits per heavy atom. The predicted molar refractivity (Wildman–Crippen MR) is 310 cm³/mol. The SMILES string of the molecule is CCCCn1c([C@@H]2CCCN(C(=O)CC(O)Cc3ccc(-c4ccccc4)cc3)C2)nc2ccccc21.CCCCn1c([C@@H]2CCCN(C(=O)C[C@H](N)Cc3ccc(-c4ccccc4)cc3)C2)nc2ccccc21.O=N[O-].[Na+]. The van der Waals surface area contributed by atoms with Gasteiger partial charge in [0.25, 0.3) is 0 Å². The number of nitrogens with zero attached hydrogens (tertiary/aromatic N) is 7. The van der Waals surface area contributed by atoms with E-state index in [1.54, 1.807) is 0 Å². The summed E-state index contributed by atoms with van der Waals surface area (Å²) in [5, 5.41) is 19.7. The number of carbonyl (C=O) groups excluding carboxylic acids is 2. The van der Waals surface area contributed by atoms with Gasteiger partial charge in [0.1, 0.15) is 11.6 Å². The first kappa shape index (κ1) is 59.2. The fraction of sp³-hybridized carbons (Fsp3) is 0.375. The summed E-state index contributed by atoms with van der Waals surface area (Å²) < 4.78 is 4.76. The van der Waals surface area contributed by atoms with Crippen LogP contribution in [0.5, 0.6) is 0 Å². The van der Waals surface area contributed by atoms with Crippen molar-refractivity contribution in [3.63, 3.8) is 0 Å². The summed E-state index contributed by atoms with van der Waals surface area (Å²) >= 11 is 0. The molecule has 4 atom stereocenters. The zero-order valence-corrected chi connectivity index (χ0v) is 47.8. The van der Waals surface area contributed by atoms with Gasteiger partial charge >= 0.3 is 29.6 Å². The maximum Gasteiger partial charge on any atom is 1.00 e. The van der Waals surface area contributed by atoms with E-state index >= 15 is 0 Å². The van der Waals surface area contributed by atoms with Crippen LogP contribution in [0.2, 0.25) is 0 Å². The quantitative estimate of drug-likeness (QED) is 0.0485. The first-order valence-electron chi connectivity index (χ1n) is 27.8. The molecule has 2 aromatic heterocycles. The normalized spacial score (nSPS) is 16.0. The molecule has 2 aliphatic rings. The Labute approximate surface area is 482 Å². The second kappa shape index (κ2) is 30.0. The molecule has 0 bridgehead atoms. The van der Waals surface area contributed by atoms with Crippen LogP contribution in [0.25, 0.3) is 44.3 Å². The number of likely N-dealkylation sites (tertiary alicyclic amines) is 2. The number of aromatic nitrogens is 4. The second-order valence-electron chi connectivity index (χ2n) is 20.7. The van der Waals surface area contributed by atoms with Gasteiger partial charge in [-0.1, -0.05) is 160 Å². The molecule has 8 aromatic rings. The van der Waals surface area contributed by atoms with Crippen molar-refractivity contribution in [2.45, 2.75) is 128 Å². The number of carbonyl (C=O) groups is 2. The number of hydrogen-bond acceptors (Lipinski definition) is 9. The maximum atomic E-state index is 13.3. The van der Waals surface area contributed by atoms with Crippen LogP contribution >= 0.6 is 0 Å². The predicted octanol–water partition coefficient (Wildman–Crippen LogP) is 9.63. The van der Waals surface area contributed by atoms with E-state index in [0.717, 1.165) is 123 Å². The van der Waals surface area contributed by atoms with Crippen molar-refractivity contribution in [1.82, 2.24) is 28.9 Å². The zero-order chi connectivity index (χ0) is 53.9. The van der Waals surface area contributed by atoms with E-state index in [4.69, 9.17) is 25.8 Å². The molecule has 1 unspecified atom stereocenters. The van der Waals surface area contributed by atoms with Crippen LogP contribution in [0, 0.1) is 10.1 Å². The maximum absolute atomic E-state index is 13.3. The average Bonchev–Trinajstić information content (AvgIpc) is 4.06. The van der Waals surface area contributed by atoms with Gasteiger partial charge in [-0.05, 0) is 109 Å². The molecule has 2 aliphatic heterocycles. The molecule has 3 N–H and O–H groups in total. The summed E-state index contributed by atoms with van der Waals surface area (Å²) in [7, 11) is 0. The molecule has 2 amide bonds. The van der Waals surface area contributed by atoms with Crippen molar-refractivity contribution >= 4 is 33.9 Å². The van der Waals surface area contributed by atoms with Gasteiger partial charge in [0.15, 0.2) is 0 Å². The van der Waals surface area contributed by atoms with Gasteiger partial charge in [-0.25, -0.2) is 9.97 Å². The van der Waals surface area contributed by atoms with Crippen molar-refractivity contribution in [1.29, 1.82) is 0 Å². The average molecular weight is 1060 g/mol. The number of hydrogen-bond donors (Lipinski definition) is 2. The van der Waals surface area contributed by atoms with Crippen LogP contribution in [0.3, 0.4) is 0 Å². The number of benzene rings is 6. The summed E-state index contributed by atoms with van der Waals surface area (Å²) in [6.07, 6.45) is 9.61. The molecule has 2 fully saturated rings. The van der Waals surface area contributed by atoms with E-state index in [0.29, 0.717) is 25.8 Å². The van der Waals surface area contributed by atoms with E-state index < -0.39 is 6.10 Å². The minimum Gasteiger partial charge on any atom is -0.444 e. The van der Waals surface area contributed by atoms with Crippen molar-refractivity contribution in [2.24, 2.45) is 11.1 Å². The van der Waals surface area contributed by atoms with Gasteiger partial charge in [-0.15, -0.1) is 5.34 Å². The summed E-state index contributed by atoms with van der Waals surface area (Å²) in [5.74, 6) is 2.93. The van der Waals surface area contributed by atoms with Crippen LogP contribution < -0.4 is 35.3 Å². The summed E-state index contributed by atoms with van der Waals surface area (Å²) in [4.78, 5) is 48.4. The van der Waals surface area contributed by atoms with Crippen molar-refractivity contribution < 1.29 is 44.3 Å². The Morgan fingerprint density at radius 3 is 1.41 bits per heavy atom. The summed E-state index contributed by atoms with van der Waals surface area (Å²) in [6.45, 7) is 9.33. The molecule has 6 aromatic carbocycles. The number of aliphatic hydroxyl groups is 1. The number of nitrogens with two attached hydrogens (primary N) is 1. The molecule has 0 aliphatic carbocycles. The molecule has 4 heterocycles. The number of fused-ring (bicyclic) bond motifs is 2. The first-order chi connectivity index (χ1) is 37.7. The Morgan fingerprint density at radius 1 is 0.590 bits per heavy atom. The summed E-state index contributed by atoms with van der Waals surface area (Å²) in [5.41, 5.74) is 17.9. The number of rotatable bonds is 18. The molecule has 0 spiro atoms. The van der Waals surface area contributed by atoms with Crippen LogP contribution in [0.4, 0.5) is 0 Å². The summed E-state index contributed by atoms with van der Waals surface area (Å²) in [6, 6.07) is 54.0. The fourth-order valence-electron chi connectivity index (χ4n) is 11.1. The molecular weight excluding hydrogens is 984 g/mol. The van der Waals surface area contributed by atoms with E-state index in [9.17, 15) is 14.7 Å².